The molecule has 1 saturated carbocycles. The van der Waals surface area contributed by atoms with Crippen LogP contribution in [0.3, 0.4) is 0 Å². The standard InChI is InChI=1S/C16H24N6O2/c1-23-10-11-6-8-22(9-7-11)16-15(17-12-4-2-3-5-12)18-13-14(19-16)21-24-20-13/h11-12H,2-10H2,1H3,(H,17,18,20). The smallest absolute Gasteiger partial charge is 0.245 e. The van der Waals surface area contributed by atoms with Gasteiger partial charge in [-0.1, -0.05) is 12.8 Å². The van der Waals surface area contributed by atoms with Crippen molar-refractivity contribution < 1.29 is 9.37 Å². The average molecular weight is 332 g/mol. The van der Waals surface area contributed by atoms with Crippen molar-refractivity contribution >= 4 is 22.9 Å². The second-order valence-electron chi connectivity index (χ2n) is 6.82. The topological polar surface area (TPSA) is 89.2 Å². The van der Waals surface area contributed by atoms with Crippen molar-refractivity contribution in [3.63, 3.8) is 0 Å². The van der Waals surface area contributed by atoms with Crippen molar-refractivity contribution in [2.75, 3.05) is 37.0 Å². The molecule has 0 bridgehead atoms. The lowest BCUT2D eigenvalue weighted by atomic mass is 9.98. The summed E-state index contributed by atoms with van der Waals surface area (Å²) in [6.45, 7) is 2.75. The number of fused-ring (bicyclic) bond motifs is 1. The molecule has 2 aromatic rings. The Balaban J connectivity index is 1.58. The quantitative estimate of drug-likeness (QED) is 0.891. The lowest BCUT2D eigenvalue weighted by molar-refractivity contribution is 0.139. The van der Waals surface area contributed by atoms with Gasteiger partial charge < -0.3 is 15.0 Å². The number of piperidine rings is 1. The summed E-state index contributed by atoms with van der Waals surface area (Å²) in [7, 11) is 1.77. The fourth-order valence-electron chi connectivity index (χ4n) is 3.76. The molecule has 1 N–H and O–H groups in total. The minimum atomic E-state index is 0.466. The number of ether oxygens (including phenoxy) is 1. The largest absolute Gasteiger partial charge is 0.384 e. The van der Waals surface area contributed by atoms with E-state index < -0.39 is 0 Å². The van der Waals surface area contributed by atoms with E-state index in [1.165, 1.54) is 25.7 Å². The molecule has 1 aliphatic heterocycles. The molecule has 0 atom stereocenters. The normalized spacial score (nSPS) is 20.1. The van der Waals surface area contributed by atoms with Gasteiger partial charge in [0.1, 0.15) is 0 Å². The van der Waals surface area contributed by atoms with E-state index in [4.69, 9.17) is 9.37 Å². The van der Waals surface area contributed by atoms with Gasteiger partial charge in [-0.15, -0.1) is 0 Å². The van der Waals surface area contributed by atoms with Gasteiger partial charge in [0, 0.05) is 32.8 Å². The molecule has 2 aliphatic rings. The third-order valence-corrected chi connectivity index (χ3v) is 5.11. The molecule has 8 heteroatoms. The maximum atomic E-state index is 5.29. The molecule has 8 nitrogen and oxygen atoms in total. The highest BCUT2D eigenvalue weighted by Crippen LogP contribution is 2.31. The third kappa shape index (κ3) is 3.15. The van der Waals surface area contributed by atoms with Gasteiger partial charge in [0.2, 0.25) is 11.3 Å². The van der Waals surface area contributed by atoms with Crippen LogP contribution in [0.5, 0.6) is 0 Å². The van der Waals surface area contributed by atoms with E-state index in [9.17, 15) is 0 Å². The number of hydrogen-bond donors (Lipinski definition) is 1. The van der Waals surface area contributed by atoms with Crippen LogP contribution in [0, 0.1) is 5.92 Å². The maximum absolute atomic E-state index is 5.29. The monoisotopic (exact) mass is 332 g/mol. The van der Waals surface area contributed by atoms with E-state index in [0.29, 0.717) is 23.3 Å². The van der Waals surface area contributed by atoms with Crippen LogP contribution < -0.4 is 10.2 Å². The minimum Gasteiger partial charge on any atom is -0.384 e. The highest BCUT2D eigenvalue weighted by atomic mass is 16.6. The fourth-order valence-corrected chi connectivity index (χ4v) is 3.76. The SMILES string of the molecule is COCC1CCN(c2nc3nonc3nc2NC2CCCC2)CC1. The summed E-state index contributed by atoms with van der Waals surface area (Å²) >= 11 is 0. The second kappa shape index (κ2) is 6.88. The van der Waals surface area contributed by atoms with Crippen molar-refractivity contribution in [3.05, 3.63) is 0 Å². The van der Waals surface area contributed by atoms with Crippen LogP contribution >= 0.6 is 0 Å². The highest BCUT2D eigenvalue weighted by Gasteiger charge is 2.26. The summed E-state index contributed by atoms with van der Waals surface area (Å²) in [6.07, 6.45) is 7.13. The first-order valence-corrected chi connectivity index (χ1v) is 8.84. The Kier molecular flexibility index (Phi) is 4.46. The van der Waals surface area contributed by atoms with Crippen molar-refractivity contribution in [3.8, 4) is 0 Å². The average Bonchev–Trinajstić information content (AvgIpc) is 3.26. The molecule has 2 fully saturated rings. The van der Waals surface area contributed by atoms with Gasteiger partial charge in [-0.05, 0) is 41.9 Å². The number of methoxy groups -OCH3 is 1. The number of hydrogen-bond acceptors (Lipinski definition) is 8. The van der Waals surface area contributed by atoms with Crippen LogP contribution in [-0.2, 0) is 4.74 Å². The first-order chi connectivity index (χ1) is 11.8. The van der Waals surface area contributed by atoms with Crippen LogP contribution in [0.1, 0.15) is 38.5 Å². The van der Waals surface area contributed by atoms with Crippen LogP contribution in [0.15, 0.2) is 4.63 Å². The van der Waals surface area contributed by atoms with Gasteiger partial charge in [-0.25, -0.2) is 14.6 Å². The number of nitrogens with zero attached hydrogens (tertiary/aromatic N) is 5. The molecule has 0 amide bonds. The fraction of sp³-hybridized carbons (Fsp3) is 0.750. The van der Waals surface area contributed by atoms with Crippen LogP contribution in [-0.4, -0.2) is 53.1 Å². The minimum absolute atomic E-state index is 0.466. The van der Waals surface area contributed by atoms with Crippen molar-refractivity contribution in [1.82, 2.24) is 20.3 Å². The van der Waals surface area contributed by atoms with Gasteiger partial charge in [0.25, 0.3) is 0 Å². The molecular weight excluding hydrogens is 308 g/mol. The summed E-state index contributed by atoms with van der Waals surface area (Å²) in [5.41, 5.74) is 0.939. The molecule has 0 radical (unpaired) electrons. The molecule has 0 unspecified atom stereocenters. The molecule has 1 saturated heterocycles. The number of anilines is 2. The summed E-state index contributed by atoms with van der Waals surface area (Å²) < 4.78 is 10.1. The van der Waals surface area contributed by atoms with Gasteiger partial charge in [-0.2, -0.15) is 0 Å². The zero-order chi connectivity index (χ0) is 16.4. The van der Waals surface area contributed by atoms with Crippen molar-refractivity contribution in [2.45, 2.75) is 44.6 Å². The van der Waals surface area contributed by atoms with E-state index in [1.54, 1.807) is 7.11 Å². The highest BCUT2D eigenvalue weighted by molar-refractivity contribution is 5.74. The Bertz CT molecular complexity index is 676. The summed E-state index contributed by atoms with van der Waals surface area (Å²) in [5.74, 6) is 2.32. The molecule has 130 valence electrons. The summed E-state index contributed by atoms with van der Waals surface area (Å²) in [5, 5.41) is 11.3. The van der Waals surface area contributed by atoms with Gasteiger partial charge in [-0.3, -0.25) is 0 Å². The van der Waals surface area contributed by atoms with E-state index in [0.717, 1.165) is 44.2 Å². The Labute approximate surface area is 140 Å². The first-order valence-electron chi connectivity index (χ1n) is 8.84. The van der Waals surface area contributed by atoms with Crippen molar-refractivity contribution in [2.24, 2.45) is 5.92 Å². The zero-order valence-corrected chi connectivity index (χ0v) is 14.1. The van der Waals surface area contributed by atoms with E-state index in [-0.39, 0.29) is 0 Å². The first kappa shape index (κ1) is 15.6. The van der Waals surface area contributed by atoms with Crippen LogP contribution in [0.25, 0.3) is 11.3 Å². The Morgan fingerprint density at radius 3 is 2.50 bits per heavy atom. The van der Waals surface area contributed by atoms with E-state index in [2.05, 4.69) is 30.5 Å². The molecule has 0 aromatic carbocycles. The molecule has 0 spiro atoms. The Hall–Kier alpha value is -1.96. The summed E-state index contributed by atoms with van der Waals surface area (Å²) in [6, 6.07) is 0.474. The number of aromatic nitrogens is 4. The Morgan fingerprint density at radius 1 is 1.08 bits per heavy atom. The lowest BCUT2D eigenvalue weighted by Gasteiger charge is -2.33. The lowest BCUT2D eigenvalue weighted by Crippen LogP contribution is -2.36. The zero-order valence-electron chi connectivity index (χ0n) is 14.1. The molecule has 3 heterocycles. The van der Waals surface area contributed by atoms with Gasteiger partial charge in [0.05, 0.1) is 0 Å². The number of rotatable bonds is 5. The predicted molar refractivity (Wildman–Crippen MR) is 90.1 cm³/mol. The Morgan fingerprint density at radius 2 is 1.79 bits per heavy atom. The molecule has 1 aliphatic carbocycles. The second-order valence-corrected chi connectivity index (χ2v) is 6.82. The van der Waals surface area contributed by atoms with Gasteiger partial charge in [0.15, 0.2) is 11.6 Å². The van der Waals surface area contributed by atoms with E-state index >= 15 is 0 Å². The molecular formula is C16H24N6O2. The number of nitrogens with one attached hydrogen (secondary N) is 1. The van der Waals surface area contributed by atoms with Crippen LogP contribution in [0.2, 0.25) is 0 Å². The molecule has 24 heavy (non-hydrogen) atoms. The molecule has 2 aromatic heterocycles. The van der Waals surface area contributed by atoms with E-state index in [1.807, 2.05) is 0 Å². The van der Waals surface area contributed by atoms with Gasteiger partial charge >= 0.3 is 0 Å². The van der Waals surface area contributed by atoms with Crippen molar-refractivity contribution in [1.29, 1.82) is 0 Å². The predicted octanol–water partition coefficient (Wildman–Crippen LogP) is 2.23. The third-order valence-electron chi connectivity index (χ3n) is 5.11. The van der Waals surface area contributed by atoms with Crippen LogP contribution in [0.4, 0.5) is 11.6 Å². The summed E-state index contributed by atoms with van der Waals surface area (Å²) in [4.78, 5) is 11.6. The molecule has 4 rings (SSSR count). The maximum Gasteiger partial charge on any atom is 0.245 e.